The summed E-state index contributed by atoms with van der Waals surface area (Å²) in [6.07, 6.45) is 3.18. The molecular formula is C25H33ClN2O5S. The zero-order chi connectivity index (χ0) is 24.7. The molecule has 9 heteroatoms. The molecule has 0 aromatic heterocycles. The lowest BCUT2D eigenvalue weighted by Gasteiger charge is -2.30. The van der Waals surface area contributed by atoms with E-state index in [2.05, 4.69) is 0 Å². The van der Waals surface area contributed by atoms with Crippen LogP contribution < -0.4 is 5.73 Å². The zero-order valence-corrected chi connectivity index (χ0v) is 21.2. The molecule has 2 aromatic carbocycles. The van der Waals surface area contributed by atoms with Crippen LogP contribution in [0.2, 0.25) is 5.02 Å². The minimum Gasteiger partial charge on any atom is -0.368 e. The molecule has 2 N–H and O–H groups in total. The number of hydrogen-bond acceptors (Lipinski definition) is 5. The van der Waals surface area contributed by atoms with E-state index in [1.165, 1.54) is 28.6 Å². The summed E-state index contributed by atoms with van der Waals surface area (Å²) in [7, 11) is -4.01. The predicted octanol–water partition coefficient (Wildman–Crippen LogP) is 4.47. The monoisotopic (exact) mass is 508 g/mol. The van der Waals surface area contributed by atoms with Crippen molar-refractivity contribution < 1.29 is 22.7 Å². The highest BCUT2D eigenvalue weighted by Gasteiger charge is 2.35. The fourth-order valence-corrected chi connectivity index (χ4v) is 5.60. The third-order valence-electron chi connectivity index (χ3n) is 5.73. The normalized spacial score (nSPS) is 17.7. The largest absolute Gasteiger partial charge is 0.368 e. The molecule has 34 heavy (non-hydrogen) atoms. The number of nitrogens with zero attached hydrogens (tertiary/aromatic N) is 1. The summed E-state index contributed by atoms with van der Waals surface area (Å²) in [5.41, 5.74) is 7.38. The Labute approximate surface area is 207 Å². The third-order valence-corrected chi connectivity index (χ3v) is 7.85. The van der Waals surface area contributed by atoms with Gasteiger partial charge in [0.15, 0.2) is 6.29 Å². The zero-order valence-electron chi connectivity index (χ0n) is 19.7. The van der Waals surface area contributed by atoms with Crippen LogP contribution in [-0.4, -0.2) is 37.6 Å². The maximum absolute atomic E-state index is 13.6. The van der Waals surface area contributed by atoms with Crippen molar-refractivity contribution >= 4 is 27.5 Å². The molecule has 0 spiro atoms. The standard InChI is InChI=1S/C25H33ClN2O5S/c1-18(2)15-23(25(27)29)28(34(30,31)22-12-10-21(26)11-13-22)16-19-6-8-20(9-7-19)17-33-24-5-3-4-14-32-24/h6-13,18,23-24H,3-5,14-17H2,1-2H3,(H2,27,29). The molecule has 0 aliphatic carbocycles. The lowest BCUT2D eigenvalue weighted by atomic mass is 10.0. The van der Waals surface area contributed by atoms with E-state index in [0.29, 0.717) is 18.1 Å². The molecule has 1 heterocycles. The number of carbonyl (C=O) groups is 1. The first-order chi connectivity index (χ1) is 16.2. The van der Waals surface area contributed by atoms with E-state index in [-0.39, 0.29) is 23.6 Å². The number of sulfonamides is 1. The molecule has 186 valence electrons. The van der Waals surface area contributed by atoms with E-state index < -0.39 is 22.0 Å². The second-order valence-electron chi connectivity index (χ2n) is 8.98. The number of hydrogen-bond donors (Lipinski definition) is 1. The first-order valence-electron chi connectivity index (χ1n) is 11.5. The molecule has 3 rings (SSSR count). The maximum Gasteiger partial charge on any atom is 0.244 e. The van der Waals surface area contributed by atoms with Crippen LogP contribution in [0.5, 0.6) is 0 Å². The minimum absolute atomic E-state index is 0.0121. The van der Waals surface area contributed by atoms with E-state index in [4.69, 9.17) is 26.8 Å². The van der Waals surface area contributed by atoms with Crippen molar-refractivity contribution in [3.05, 3.63) is 64.7 Å². The van der Waals surface area contributed by atoms with Gasteiger partial charge in [-0.15, -0.1) is 0 Å². The van der Waals surface area contributed by atoms with Gasteiger partial charge in [-0.25, -0.2) is 8.42 Å². The maximum atomic E-state index is 13.6. The third kappa shape index (κ3) is 7.26. The van der Waals surface area contributed by atoms with Gasteiger partial charge in [-0.05, 0) is 67.0 Å². The average molecular weight is 509 g/mol. The Balaban J connectivity index is 1.81. The van der Waals surface area contributed by atoms with Crippen LogP contribution in [0.1, 0.15) is 50.7 Å². The van der Waals surface area contributed by atoms with Gasteiger partial charge in [-0.1, -0.05) is 49.7 Å². The molecule has 0 radical (unpaired) electrons. The van der Waals surface area contributed by atoms with Crippen molar-refractivity contribution in [2.24, 2.45) is 11.7 Å². The Morgan fingerprint density at radius 1 is 1.12 bits per heavy atom. The van der Waals surface area contributed by atoms with Gasteiger partial charge < -0.3 is 15.2 Å². The molecule has 0 saturated carbocycles. The van der Waals surface area contributed by atoms with E-state index >= 15 is 0 Å². The molecule has 0 bridgehead atoms. The first kappa shape index (κ1) is 26.6. The van der Waals surface area contributed by atoms with Gasteiger partial charge >= 0.3 is 0 Å². The molecule has 7 nitrogen and oxygen atoms in total. The van der Waals surface area contributed by atoms with Crippen molar-refractivity contribution in [1.82, 2.24) is 4.31 Å². The minimum atomic E-state index is -4.01. The fourth-order valence-electron chi connectivity index (χ4n) is 3.88. The number of carbonyl (C=O) groups excluding carboxylic acids is 1. The van der Waals surface area contributed by atoms with E-state index in [0.717, 1.165) is 37.0 Å². The van der Waals surface area contributed by atoms with Gasteiger partial charge in [0.05, 0.1) is 11.5 Å². The lowest BCUT2D eigenvalue weighted by molar-refractivity contribution is -0.168. The topological polar surface area (TPSA) is 98.9 Å². The highest BCUT2D eigenvalue weighted by atomic mass is 35.5. The number of amides is 1. The first-order valence-corrected chi connectivity index (χ1v) is 13.4. The molecule has 2 atom stereocenters. The molecule has 1 amide bonds. The van der Waals surface area contributed by atoms with Crippen LogP contribution in [0.3, 0.4) is 0 Å². The number of benzene rings is 2. The summed E-state index contributed by atoms with van der Waals surface area (Å²) in [5.74, 6) is -0.606. The number of halogens is 1. The van der Waals surface area contributed by atoms with Gasteiger partial charge in [0.2, 0.25) is 15.9 Å². The summed E-state index contributed by atoms with van der Waals surface area (Å²) < 4.78 is 39.7. The van der Waals surface area contributed by atoms with Crippen molar-refractivity contribution in [2.75, 3.05) is 6.61 Å². The molecule has 1 fully saturated rings. The SMILES string of the molecule is CC(C)CC(C(N)=O)N(Cc1ccc(COC2CCCCO2)cc1)S(=O)(=O)c1ccc(Cl)cc1. The quantitative estimate of drug-likeness (QED) is 0.482. The Bertz CT molecular complexity index is 1040. The summed E-state index contributed by atoms with van der Waals surface area (Å²) in [6, 6.07) is 12.4. The Hall–Kier alpha value is -1.97. The highest BCUT2D eigenvalue weighted by molar-refractivity contribution is 7.89. The van der Waals surface area contributed by atoms with Gasteiger partial charge in [0.1, 0.15) is 6.04 Å². The highest BCUT2D eigenvalue weighted by Crippen LogP contribution is 2.26. The van der Waals surface area contributed by atoms with Crippen LogP contribution in [0.4, 0.5) is 0 Å². The van der Waals surface area contributed by atoms with Gasteiger partial charge in [0, 0.05) is 18.2 Å². The van der Waals surface area contributed by atoms with Gasteiger partial charge in [-0.3, -0.25) is 4.79 Å². The van der Waals surface area contributed by atoms with Crippen LogP contribution in [-0.2, 0) is 37.4 Å². The summed E-state index contributed by atoms with van der Waals surface area (Å²) in [4.78, 5) is 12.4. The predicted molar refractivity (Wildman–Crippen MR) is 131 cm³/mol. The Morgan fingerprint density at radius 3 is 2.32 bits per heavy atom. The fraction of sp³-hybridized carbons (Fsp3) is 0.480. The van der Waals surface area contributed by atoms with Crippen LogP contribution in [0, 0.1) is 5.92 Å². The summed E-state index contributed by atoms with van der Waals surface area (Å²) in [5, 5.41) is 0.426. The van der Waals surface area contributed by atoms with Crippen molar-refractivity contribution in [2.45, 2.75) is 69.9 Å². The van der Waals surface area contributed by atoms with E-state index in [9.17, 15) is 13.2 Å². The number of ether oxygens (including phenoxy) is 2. The lowest BCUT2D eigenvalue weighted by Crippen LogP contribution is -2.48. The van der Waals surface area contributed by atoms with E-state index in [1.807, 2.05) is 38.1 Å². The molecule has 1 aliphatic rings. The molecule has 1 aliphatic heterocycles. The average Bonchev–Trinajstić information content (AvgIpc) is 2.81. The van der Waals surface area contributed by atoms with Crippen molar-refractivity contribution in [3.63, 3.8) is 0 Å². The van der Waals surface area contributed by atoms with Gasteiger partial charge in [-0.2, -0.15) is 4.31 Å². The molecule has 2 aromatic rings. The van der Waals surface area contributed by atoms with Crippen LogP contribution in [0.15, 0.2) is 53.4 Å². The van der Waals surface area contributed by atoms with Gasteiger partial charge in [0.25, 0.3) is 0 Å². The molecular weight excluding hydrogens is 476 g/mol. The van der Waals surface area contributed by atoms with E-state index in [1.54, 1.807) is 0 Å². The number of primary amides is 1. The number of rotatable bonds is 11. The smallest absolute Gasteiger partial charge is 0.244 e. The van der Waals surface area contributed by atoms with Crippen LogP contribution in [0.25, 0.3) is 0 Å². The van der Waals surface area contributed by atoms with Crippen LogP contribution >= 0.6 is 11.6 Å². The summed E-state index contributed by atoms with van der Waals surface area (Å²) >= 11 is 5.94. The Morgan fingerprint density at radius 2 is 1.76 bits per heavy atom. The number of nitrogens with two attached hydrogens (primary N) is 1. The molecule has 1 saturated heterocycles. The Kier molecular flexibility index (Phi) is 9.50. The second-order valence-corrected chi connectivity index (χ2v) is 11.3. The molecule has 2 unspecified atom stereocenters. The van der Waals surface area contributed by atoms with Crippen molar-refractivity contribution in [1.29, 1.82) is 0 Å². The summed E-state index contributed by atoms with van der Waals surface area (Å²) in [6.45, 7) is 4.99. The van der Waals surface area contributed by atoms with Crippen molar-refractivity contribution in [3.8, 4) is 0 Å². The second kappa shape index (κ2) is 12.1.